The second-order valence-electron chi connectivity index (χ2n) is 4.27. The first-order valence-electron chi connectivity index (χ1n) is 5.85. The van der Waals surface area contributed by atoms with E-state index in [9.17, 15) is 9.18 Å². The Morgan fingerprint density at radius 2 is 2.16 bits per heavy atom. The smallest absolute Gasteiger partial charge is 0.276 e. The van der Waals surface area contributed by atoms with Crippen LogP contribution >= 0.6 is 0 Å². The fraction of sp³-hybridized carbons (Fsp3) is 0.231. The summed E-state index contributed by atoms with van der Waals surface area (Å²) in [7, 11) is 0. The highest BCUT2D eigenvalue weighted by Crippen LogP contribution is 2.21. The second kappa shape index (κ2) is 4.72. The number of para-hydroxylation sites is 1. The van der Waals surface area contributed by atoms with Crippen molar-refractivity contribution in [3.63, 3.8) is 0 Å². The van der Waals surface area contributed by atoms with Crippen molar-refractivity contribution < 1.29 is 18.4 Å². The molecule has 6 heteroatoms. The number of ether oxygens (including phenoxy) is 1. The Hall–Kier alpha value is -2.37. The number of aromatic nitrogens is 1. The second-order valence-corrected chi connectivity index (χ2v) is 4.27. The van der Waals surface area contributed by atoms with Crippen molar-refractivity contribution >= 4 is 5.91 Å². The maximum absolute atomic E-state index is 13.4. The fourth-order valence-corrected chi connectivity index (χ4v) is 1.88. The van der Waals surface area contributed by atoms with Gasteiger partial charge in [0.1, 0.15) is 12.4 Å². The van der Waals surface area contributed by atoms with Gasteiger partial charge in [0.15, 0.2) is 17.3 Å². The number of amides is 1. The van der Waals surface area contributed by atoms with Crippen LogP contribution in [-0.2, 0) is 0 Å². The maximum atomic E-state index is 13.4. The number of halogens is 1. The van der Waals surface area contributed by atoms with E-state index < -0.39 is 5.82 Å². The van der Waals surface area contributed by atoms with Gasteiger partial charge in [0, 0.05) is 6.07 Å². The number of likely N-dealkylation sites (tertiary alicyclic amines) is 1. The summed E-state index contributed by atoms with van der Waals surface area (Å²) >= 11 is 0. The van der Waals surface area contributed by atoms with Crippen LogP contribution in [-0.4, -0.2) is 35.2 Å². The van der Waals surface area contributed by atoms with Crippen LogP contribution in [0.25, 0.3) is 0 Å². The largest absolute Gasteiger partial charge is 0.484 e. The molecule has 1 aliphatic rings. The molecule has 1 aliphatic heterocycles. The molecule has 0 spiro atoms. The quantitative estimate of drug-likeness (QED) is 0.845. The molecular weight excluding hydrogens is 251 g/mol. The summed E-state index contributed by atoms with van der Waals surface area (Å²) in [5.74, 6) is -0.396. The summed E-state index contributed by atoms with van der Waals surface area (Å²) in [6.07, 6.45) is 1.16. The van der Waals surface area contributed by atoms with Crippen molar-refractivity contribution in [2.75, 3.05) is 13.1 Å². The molecule has 1 fully saturated rings. The zero-order valence-electron chi connectivity index (χ0n) is 9.95. The lowest BCUT2D eigenvalue weighted by Crippen LogP contribution is -2.56. The zero-order valence-corrected chi connectivity index (χ0v) is 9.95. The van der Waals surface area contributed by atoms with E-state index in [-0.39, 0.29) is 23.5 Å². The molecule has 19 heavy (non-hydrogen) atoms. The molecule has 1 amide bonds. The Morgan fingerprint density at radius 1 is 1.37 bits per heavy atom. The molecule has 0 bridgehead atoms. The normalized spacial score (nSPS) is 15.1. The van der Waals surface area contributed by atoms with Gasteiger partial charge in [-0.15, -0.1) is 0 Å². The van der Waals surface area contributed by atoms with Crippen LogP contribution in [0, 0.1) is 5.82 Å². The molecule has 0 N–H and O–H groups in total. The lowest BCUT2D eigenvalue weighted by molar-refractivity contribution is 0.0156. The van der Waals surface area contributed by atoms with Crippen LogP contribution in [0.4, 0.5) is 4.39 Å². The Morgan fingerprint density at radius 3 is 2.84 bits per heavy atom. The standard InChI is InChI=1S/C13H11FN2O3/c14-10-3-1-2-4-12(10)19-9-7-16(8-9)13(17)11-5-6-18-15-11/h1-6,9H,7-8H2. The van der Waals surface area contributed by atoms with Crippen molar-refractivity contribution in [1.82, 2.24) is 10.1 Å². The zero-order chi connectivity index (χ0) is 13.2. The van der Waals surface area contributed by atoms with Crippen LogP contribution < -0.4 is 4.74 Å². The van der Waals surface area contributed by atoms with Gasteiger partial charge in [-0.25, -0.2) is 4.39 Å². The average Bonchev–Trinajstić information content (AvgIpc) is 2.88. The summed E-state index contributed by atoms with van der Waals surface area (Å²) in [5, 5.41) is 3.58. The van der Waals surface area contributed by atoms with Crippen molar-refractivity contribution in [3.8, 4) is 5.75 Å². The lowest BCUT2D eigenvalue weighted by Gasteiger charge is -2.38. The van der Waals surface area contributed by atoms with Crippen LogP contribution in [0.3, 0.4) is 0 Å². The van der Waals surface area contributed by atoms with E-state index in [1.807, 2.05) is 0 Å². The van der Waals surface area contributed by atoms with Gasteiger partial charge < -0.3 is 14.2 Å². The number of hydrogen-bond acceptors (Lipinski definition) is 4. The summed E-state index contributed by atoms with van der Waals surface area (Å²) < 4.78 is 23.4. The van der Waals surface area contributed by atoms with Gasteiger partial charge in [-0.1, -0.05) is 17.3 Å². The van der Waals surface area contributed by atoms with Gasteiger partial charge in [-0.2, -0.15) is 0 Å². The number of rotatable bonds is 3. The van der Waals surface area contributed by atoms with E-state index in [1.165, 1.54) is 18.4 Å². The first kappa shape index (κ1) is 11.7. The molecule has 0 atom stereocenters. The van der Waals surface area contributed by atoms with Crippen molar-refractivity contribution in [3.05, 3.63) is 48.1 Å². The predicted molar refractivity (Wildman–Crippen MR) is 63.2 cm³/mol. The van der Waals surface area contributed by atoms with Crippen molar-refractivity contribution in [2.24, 2.45) is 0 Å². The Labute approximate surface area is 108 Å². The van der Waals surface area contributed by atoms with Crippen LogP contribution in [0.15, 0.2) is 41.1 Å². The summed E-state index contributed by atoms with van der Waals surface area (Å²) in [6.45, 7) is 0.833. The third kappa shape index (κ3) is 2.29. The highest BCUT2D eigenvalue weighted by atomic mass is 19.1. The number of benzene rings is 1. The average molecular weight is 262 g/mol. The van der Waals surface area contributed by atoms with Crippen LogP contribution in [0.2, 0.25) is 0 Å². The van der Waals surface area contributed by atoms with Gasteiger partial charge in [0.05, 0.1) is 13.1 Å². The fourth-order valence-electron chi connectivity index (χ4n) is 1.88. The Bertz CT molecular complexity index is 579. The monoisotopic (exact) mass is 262 g/mol. The molecule has 1 aromatic carbocycles. The first-order valence-corrected chi connectivity index (χ1v) is 5.85. The number of nitrogens with zero attached hydrogens (tertiary/aromatic N) is 2. The van der Waals surface area contributed by atoms with Crippen LogP contribution in [0.5, 0.6) is 5.75 Å². The van der Waals surface area contributed by atoms with E-state index >= 15 is 0 Å². The minimum atomic E-state index is -0.399. The Kier molecular flexibility index (Phi) is 2.91. The molecule has 0 aliphatic carbocycles. The predicted octanol–water partition coefficient (Wildman–Crippen LogP) is 1.72. The molecule has 3 rings (SSSR count). The maximum Gasteiger partial charge on any atom is 0.276 e. The van der Waals surface area contributed by atoms with Gasteiger partial charge in [-0.3, -0.25) is 4.79 Å². The van der Waals surface area contributed by atoms with Gasteiger partial charge in [0.25, 0.3) is 5.91 Å². The highest BCUT2D eigenvalue weighted by Gasteiger charge is 2.34. The molecule has 0 saturated carbocycles. The lowest BCUT2D eigenvalue weighted by atomic mass is 10.1. The number of hydrogen-bond donors (Lipinski definition) is 0. The minimum absolute atomic E-state index is 0.187. The molecule has 2 aromatic rings. The van der Waals surface area contributed by atoms with Crippen molar-refractivity contribution in [2.45, 2.75) is 6.10 Å². The van der Waals surface area contributed by atoms with E-state index in [0.29, 0.717) is 13.1 Å². The van der Waals surface area contributed by atoms with Gasteiger partial charge in [-0.05, 0) is 12.1 Å². The van der Waals surface area contributed by atoms with Crippen LogP contribution in [0.1, 0.15) is 10.5 Å². The SMILES string of the molecule is O=C(c1ccon1)N1CC(Oc2ccccc2F)C1. The van der Waals surface area contributed by atoms with Gasteiger partial charge >= 0.3 is 0 Å². The van der Waals surface area contributed by atoms with E-state index in [2.05, 4.69) is 9.68 Å². The molecule has 1 saturated heterocycles. The molecular formula is C13H11FN2O3. The number of carbonyl (C=O) groups excluding carboxylic acids is 1. The molecule has 2 heterocycles. The topological polar surface area (TPSA) is 55.6 Å². The van der Waals surface area contributed by atoms with Gasteiger partial charge in [0.2, 0.25) is 0 Å². The highest BCUT2D eigenvalue weighted by molar-refractivity contribution is 5.92. The molecule has 5 nitrogen and oxygen atoms in total. The summed E-state index contributed by atoms with van der Waals surface area (Å²) in [4.78, 5) is 13.4. The molecule has 98 valence electrons. The molecule has 0 radical (unpaired) electrons. The summed E-state index contributed by atoms with van der Waals surface area (Å²) in [5.41, 5.74) is 0.268. The van der Waals surface area contributed by atoms with E-state index in [0.717, 1.165) is 0 Å². The minimum Gasteiger partial charge on any atom is -0.484 e. The molecule has 0 unspecified atom stereocenters. The Balaban J connectivity index is 1.56. The third-order valence-corrected chi connectivity index (χ3v) is 2.92. The van der Waals surface area contributed by atoms with E-state index in [4.69, 9.17) is 4.74 Å². The third-order valence-electron chi connectivity index (χ3n) is 2.92. The number of carbonyl (C=O) groups is 1. The first-order chi connectivity index (χ1) is 9.24. The summed E-state index contributed by atoms with van der Waals surface area (Å²) in [6, 6.07) is 7.72. The van der Waals surface area contributed by atoms with E-state index in [1.54, 1.807) is 23.1 Å². The van der Waals surface area contributed by atoms with Crippen molar-refractivity contribution in [1.29, 1.82) is 0 Å². The molecule has 1 aromatic heterocycles.